The van der Waals surface area contributed by atoms with Gasteiger partial charge in [-0.05, 0) is 25.7 Å². The Balaban J connectivity index is 2.58. The lowest BCUT2D eigenvalue weighted by Crippen LogP contribution is -2.28. The Morgan fingerprint density at radius 3 is 2.64 bits per heavy atom. The highest BCUT2D eigenvalue weighted by atomic mass is 32.1. The molecule has 0 aliphatic carbocycles. The normalized spacial score (nSPS) is 13.5. The zero-order valence-electron chi connectivity index (χ0n) is 9.08. The van der Waals surface area contributed by atoms with Crippen molar-refractivity contribution < 1.29 is 0 Å². The van der Waals surface area contributed by atoms with Gasteiger partial charge in [0, 0.05) is 4.88 Å². The van der Waals surface area contributed by atoms with E-state index < -0.39 is 0 Å². The van der Waals surface area contributed by atoms with Gasteiger partial charge in [0.15, 0.2) is 0 Å². The molecule has 0 aliphatic heterocycles. The summed E-state index contributed by atoms with van der Waals surface area (Å²) in [6, 6.07) is 0.268. The average Bonchev–Trinajstić information content (AvgIpc) is 2.53. The van der Waals surface area contributed by atoms with E-state index in [2.05, 4.69) is 24.3 Å². The molecule has 0 bridgehead atoms. The SMILES string of the molecule is Cc1ncsc1C(CCC(C)C)NN. The van der Waals surface area contributed by atoms with Crippen LogP contribution >= 0.6 is 11.3 Å². The van der Waals surface area contributed by atoms with Crippen molar-refractivity contribution in [3.05, 3.63) is 16.1 Å². The minimum Gasteiger partial charge on any atom is -0.271 e. The molecule has 0 radical (unpaired) electrons. The molecule has 1 atom stereocenters. The first-order chi connectivity index (χ1) is 6.65. The molecule has 0 fully saturated rings. The van der Waals surface area contributed by atoms with Crippen molar-refractivity contribution >= 4 is 11.3 Å². The molecule has 1 aromatic rings. The second-order valence-corrected chi connectivity index (χ2v) is 4.88. The van der Waals surface area contributed by atoms with Crippen molar-refractivity contribution in [2.45, 2.75) is 39.7 Å². The van der Waals surface area contributed by atoms with Gasteiger partial charge >= 0.3 is 0 Å². The lowest BCUT2D eigenvalue weighted by atomic mass is 10.0. The molecule has 3 N–H and O–H groups in total. The van der Waals surface area contributed by atoms with Gasteiger partial charge in [0.1, 0.15) is 0 Å². The zero-order chi connectivity index (χ0) is 10.6. The molecule has 1 aromatic heterocycles. The summed E-state index contributed by atoms with van der Waals surface area (Å²) in [5, 5.41) is 0. The lowest BCUT2D eigenvalue weighted by Gasteiger charge is -2.15. The molecule has 0 amide bonds. The Bertz CT molecular complexity index is 270. The van der Waals surface area contributed by atoms with Crippen LogP contribution in [-0.2, 0) is 0 Å². The van der Waals surface area contributed by atoms with Gasteiger partial charge in [0.25, 0.3) is 0 Å². The third-order valence-electron chi connectivity index (χ3n) is 2.33. The van der Waals surface area contributed by atoms with Crippen LogP contribution in [0.25, 0.3) is 0 Å². The van der Waals surface area contributed by atoms with E-state index in [1.165, 1.54) is 11.3 Å². The molecule has 0 saturated carbocycles. The molecule has 0 saturated heterocycles. The highest BCUT2D eigenvalue weighted by Gasteiger charge is 2.14. The molecular formula is C10H19N3S. The van der Waals surface area contributed by atoms with Crippen molar-refractivity contribution in [3.8, 4) is 0 Å². The smallest absolute Gasteiger partial charge is 0.0798 e. The van der Waals surface area contributed by atoms with Crippen molar-refractivity contribution in [1.82, 2.24) is 10.4 Å². The monoisotopic (exact) mass is 213 g/mol. The predicted octanol–water partition coefficient (Wildman–Crippen LogP) is 2.39. The lowest BCUT2D eigenvalue weighted by molar-refractivity contribution is 0.451. The number of thiazole rings is 1. The number of aromatic nitrogens is 1. The molecule has 14 heavy (non-hydrogen) atoms. The number of nitrogens with one attached hydrogen (secondary N) is 1. The van der Waals surface area contributed by atoms with Crippen molar-refractivity contribution in [1.29, 1.82) is 0 Å². The second kappa shape index (κ2) is 5.44. The van der Waals surface area contributed by atoms with Crippen molar-refractivity contribution in [3.63, 3.8) is 0 Å². The van der Waals surface area contributed by atoms with Gasteiger partial charge < -0.3 is 0 Å². The number of aryl methyl sites for hydroxylation is 1. The van der Waals surface area contributed by atoms with Crippen LogP contribution in [0.5, 0.6) is 0 Å². The summed E-state index contributed by atoms with van der Waals surface area (Å²) in [6.45, 7) is 6.49. The van der Waals surface area contributed by atoms with Gasteiger partial charge in [-0.25, -0.2) is 4.98 Å². The minimum absolute atomic E-state index is 0.268. The van der Waals surface area contributed by atoms with Crippen LogP contribution in [0.15, 0.2) is 5.51 Å². The molecule has 0 spiro atoms. The standard InChI is InChI=1S/C10H19N3S/c1-7(2)4-5-9(13-11)10-8(3)12-6-14-10/h6-7,9,13H,4-5,11H2,1-3H3. The van der Waals surface area contributed by atoms with Crippen molar-refractivity contribution in [2.24, 2.45) is 11.8 Å². The summed E-state index contributed by atoms with van der Waals surface area (Å²) in [6.07, 6.45) is 2.27. The number of rotatable bonds is 5. The fraction of sp³-hybridized carbons (Fsp3) is 0.700. The quantitative estimate of drug-likeness (QED) is 0.583. The topological polar surface area (TPSA) is 50.9 Å². The molecule has 0 aromatic carbocycles. The van der Waals surface area contributed by atoms with Crippen LogP contribution in [0.3, 0.4) is 0 Å². The van der Waals surface area contributed by atoms with Gasteiger partial charge in [-0.15, -0.1) is 11.3 Å². The van der Waals surface area contributed by atoms with E-state index in [-0.39, 0.29) is 6.04 Å². The largest absolute Gasteiger partial charge is 0.271 e. The van der Waals surface area contributed by atoms with E-state index in [0.29, 0.717) is 0 Å². The molecule has 0 aliphatic rings. The number of hydrogen-bond donors (Lipinski definition) is 2. The third kappa shape index (κ3) is 3.04. The number of nitrogens with zero attached hydrogens (tertiary/aromatic N) is 1. The number of hydrazine groups is 1. The molecule has 1 unspecified atom stereocenters. The van der Waals surface area contributed by atoms with E-state index in [1.807, 2.05) is 12.4 Å². The van der Waals surface area contributed by atoms with Gasteiger partial charge in [0.2, 0.25) is 0 Å². The maximum atomic E-state index is 5.55. The molecule has 4 heteroatoms. The van der Waals surface area contributed by atoms with Crippen LogP contribution in [0.1, 0.15) is 43.3 Å². The maximum Gasteiger partial charge on any atom is 0.0798 e. The Hall–Kier alpha value is -0.450. The maximum absolute atomic E-state index is 5.55. The van der Waals surface area contributed by atoms with Crippen LogP contribution in [-0.4, -0.2) is 4.98 Å². The molecule has 80 valence electrons. The molecule has 1 heterocycles. The molecular weight excluding hydrogens is 194 g/mol. The number of nitrogens with two attached hydrogens (primary N) is 1. The highest BCUT2D eigenvalue weighted by molar-refractivity contribution is 7.09. The highest BCUT2D eigenvalue weighted by Crippen LogP contribution is 2.25. The zero-order valence-corrected chi connectivity index (χ0v) is 9.90. The first-order valence-electron chi connectivity index (χ1n) is 5.01. The average molecular weight is 213 g/mol. The van der Waals surface area contributed by atoms with E-state index in [9.17, 15) is 0 Å². The summed E-state index contributed by atoms with van der Waals surface area (Å²) in [5.74, 6) is 6.27. The first-order valence-corrected chi connectivity index (χ1v) is 5.89. The first kappa shape index (κ1) is 11.6. The summed E-state index contributed by atoms with van der Waals surface area (Å²) in [4.78, 5) is 5.51. The Labute approximate surface area is 89.7 Å². The van der Waals surface area contributed by atoms with Gasteiger partial charge in [-0.2, -0.15) is 0 Å². The van der Waals surface area contributed by atoms with Gasteiger partial charge in [-0.1, -0.05) is 13.8 Å². The van der Waals surface area contributed by atoms with Gasteiger partial charge in [0.05, 0.1) is 17.2 Å². The predicted molar refractivity (Wildman–Crippen MR) is 61.0 cm³/mol. The second-order valence-electron chi connectivity index (χ2n) is 3.99. The van der Waals surface area contributed by atoms with Crippen LogP contribution in [0, 0.1) is 12.8 Å². The minimum atomic E-state index is 0.268. The Kier molecular flexibility index (Phi) is 4.51. The molecule has 1 rings (SSSR count). The van der Waals surface area contributed by atoms with Crippen LogP contribution in [0.4, 0.5) is 0 Å². The van der Waals surface area contributed by atoms with E-state index >= 15 is 0 Å². The summed E-state index contributed by atoms with van der Waals surface area (Å²) in [5.41, 5.74) is 5.85. The summed E-state index contributed by atoms with van der Waals surface area (Å²) in [7, 11) is 0. The van der Waals surface area contributed by atoms with Crippen LogP contribution in [0.2, 0.25) is 0 Å². The molecule has 3 nitrogen and oxygen atoms in total. The Morgan fingerprint density at radius 2 is 2.21 bits per heavy atom. The van der Waals surface area contributed by atoms with Crippen LogP contribution < -0.4 is 11.3 Å². The van der Waals surface area contributed by atoms with Crippen molar-refractivity contribution in [2.75, 3.05) is 0 Å². The van der Waals surface area contributed by atoms with Gasteiger partial charge in [-0.3, -0.25) is 11.3 Å². The van der Waals surface area contributed by atoms with E-state index in [0.717, 1.165) is 18.0 Å². The fourth-order valence-electron chi connectivity index (χ4n) is 1.44. The Morgan fingerprint density at radius 1 is 1.50 bits per heavy atom. The summed E-state index contributed by atoms with van der Waals surface area (Å²) < 4.78 is 0. The van der Waals surface area contributed by atoms with E-state index in [1.54, 1.807) is 11.3 Å². The summed E-state index contributed by atoms with van der Waals surface area (Å²) >= 11 is 1.68. The fourth-order valence-corrected chi connectivity index (χ4v) is 2.33. The third-order valence-corrected chi connectivity index (χ3v) is 3.38. The number of hydrogen-bond acceptors (Lipinski definition) is 4. The van der Waals surface area contributed by atoms with E-state index in [4.69, 9.17) is 5.84 Å².